The van der Waals surface area contributed by atoms with Crippen molar-refractivity contribution in [2.24, 2.45) is 0 Å². The molecule has 38 valence electrons. The van der Waals surface area contributed by atoms with Crippen molar-refractivity contribution >= 4 is 0 Å². The predicted octanol–water partition coefficient (Wildman–Crippen LogP) is 1.08. The molecule has 0 saturated carbocycles. The highest BCUT2D eigenvalue weighted by Gasteiger charge is 1.70. The summed E-state index contributed by atoms with van der Waals surface area (Å²) in [6.07, 6.45) is 3.26. The lowest BCUT2D eigenvalue weighted by Gasteiger charge is -1.87. The van der Waals surface area contributed by atoms with Crippen LogP contribution < -0.4 is 0 Å². The van der Waals surface area contributed by atoms with Crippen molar-refractivity contribution in [3.05, 3.63) is 6.92 Å². The van der Waals surface area contributed by atoms with Gasteiger partial charge in [0.05, 0.1) is 13.5 Å². The topological polar surface area (TPSA) is 9.23 Å². The maximum atomic E-state index is 4.78. The SMILES string of the molecule is [CH]C#COCCC. The van der Waals surface area contributed by atoms with Crippen molar-refractivity contribution in [1.29, 1.82) is 0 Å². The molecule has 0 heterocycles. The molecule has 0 unspecified atom stereocenters. The van der Waals surface area contributed by atoms with Gasteiger partial charge in [-0.25, -0.2) is 0 Å². The molecule has 0 amide bonds. The monoisotopic (exact) mass is 96.1 g/mol. The molecule has 0 aromatic heterocycles. The van der Waals surface area contributed by atoms with E-state index in [1.807, 2.05) is 6.92 Å². The smallest absolute Gasteiger partial charge is 0.110 e. The van der Waals surface area contributed by atoms with Crippen molar-refractivity contribution in [2.45, 2.75) is 13.3 Å². The fourth-order valence-electron chi connectivity index (χ4n) is 0.195. The molecular weight excluding hydrogens is 88.1 g/mol. The van der Waals surface area contributed by atoms with Crippen LogP contribution in [0.25, 0.3) is 0 Å². The Kier molecular flexibility index (Phi) is 4.87. The second-order valence-corrected chi connectivity index (χ2v) is 1.09. The quantitative estimate of drug-likeness (QED) is 0.369. The summed E-state index contributed by atoms with van der Waals surface area (Å²) in [4.78, 5) is 0. The summed E-state index contributed by atoms with van der Waals surface area (Å²) in [5.74, 6) is 2.13. The van der Waals surface area contributed by atoms with Crippen LogP contribution in [0.5, 0.6) is 0 Å². The standard InChI is InChI=1S/C6H8O/c1-3-5-7-6-4-2/h1H,4,6H2,2H3. The Morgan fingerprint density at radius 3 is 2.86 bits per heavy atom. The lowest BCUT2D eigenvalue weighted by molar-refractivity contribution is 0.278. The van der Waals surface area contributed by atoms with E-state index >= 15 is 0 Å². The third-order valence-corrected chi connectivity index (χ3v) is 0.437. The van der Waals surface area contributed by atoms with Crippen LogP contribution in [0.15, 0.2) is 0 Å². The second kappa shape index (κ2) is 5.36. The van der Waals surface area contributed by atoms with E-state index in [1.165, 1.54) is 0 Å². The number of hydrogen-bond donors (Lipinski definition) is 0. The molecule has 1 heteroatoms. The summed E-state index contributed by atoms with van der Waals surface area (Å²) >= 11 is 0. The van der Waals surface area contributed by atoms with Gasteiger partial charge in [-0.3, -0.25) is 0 Å². The molecule has 0 aromatic rings. The molecule has 0 N–H and O–H groups in total. The van der Waals surface area contributed by atoms with Crippen molar-refractivity contribution in [2.75, 3.05) is 6.61 Å². The summed E-state index contributed by atoms with van der Waals surface area (Å²) in [6.45, 7) is 7.47. The minimum atomic E-state index is 0.671. The summed E-state index contributed by atoms with van der Waals surface area (Å²) in [5.41, 5.74) is 0. The first kappa shape index (κ1) is 6.36. The zero-order valence-corrected chi connectivity index (χ0v) is 4.40. The zero-order valence-electron chi connectivity index (χ0n) is 4.40. The Morgan fingerprint density at radius 1 is 1.71 bits per heavy atom. The average Bonchev–Trinajstić information content (AvgIpc) is 1.69. The van der Waals surface area contributed by atoms with E-state index < -0.39 is 0 Å². The minimum absolute atomic E-state index is 0.671. The largest absolute Gasteiger partial charge is 0.447 e. The van der Waals surface area contributed by atoms with Crippen LogP contribution in [0.3, 0.4) is 0 Å². The van der Waals surface area contributed by atoms with E-state index in [9.17, 15) is 0 Å². The molecule has 7 heavy (non-hydrogen) atoms. The van der Waals surface area contributed by atoms with Crippen LogP contribution in [-0.2, 0) is 4.74 Å². The minimum Gasteiger partial charge on any atom is -0.447 e. The highest BCUT2D eigenvalue weighted by atomic mass is 16.5. The molecular formula is C6H8O. The number of rotatable bonds is 2. The molecule has 0 aromatic carbocycles. The van der Waals surface area contributed by atoms with Gasteiger partial charge in [0.15, 0.2) is 0 Å². The first-order chi connectivity index (χ1) is 3.41. The molecule has 0 aliphatic rings. The van der Waals surface area contributed by atoms with Crippen LogP contribution >= 0.6 is 0 Å². The van der Waals surface area contributed by atoms with E-state index in [0.717, 1.165) is 6.42 Å². The van der Waals surface area contributed by atoms with E-state index in [-0.39, 0.29) is 0 Å². The Hall–Kier alpha value is -0.640. The lowest BCUT2D eigenvalue weighted by atomic mass is 10.5. The van der Waals surface area contributed by atoms with Gasteiger partial charge in [0.2, 0.25) is 0 Å². The summed E-state index contributed by atoms with van der Waals surface area (Å²) in [7, 11) is 0. The Labute approximate surface area is 44.7 Å². The molecule has 1 nitrogen and oxygen atoms in total. The van der Waals surface area contributed by atoms with Gasteiger partial charge >= 0.3 is 0 Å². The van der Waals surface area contributed by atoms with Crippen LogP contribution in [0.4, 0.5) is 0 Å². The molecule has 2 radical (unpaired) electrons. The van der Waals surface area contributed by atoms with Crippen LogP contribution in [0, 0.1) is 19.0 Å². The molecule has 0 spiro atoms. The fraction of sp³-hybridized carbons (Fsp3) is 0.500. The molecule has 0 rings (SSSR count). The molecule has 0 bridgehead atoms. The highest BCUT2D eigenvalue weighted by molar-refractivity contribution is 4.93. The van der Waals surface area contributed by atoms with Crippen molar-refractivity contribution < 1.29 is 4.74 Å². The van der Waals surface area contributed by atoms with Crippen LogP contribution in [0.2, 0.25) is 0 Å². The maximum absolute atomic E-state index is 4.78. The summed E-state index contributed by atoms with van der Waals surface area (Å²) < 4.78 is 4.65. The Balaban J connectivity index is 2.78. The number of ether oxygens (including phenoxy) is 1. The lowest BCUT2D eigenvalue weighted by Crippen LogP contribution is -1.81. The summed E-state index contributed by atoms with van der Waals surface area (Å²) in [6, 6.07) is 0. The van der Waals surface area contributed by atoms with Crippen molar-refractivity contribution in [3.63, 3.8) is 0 Å². The van der Waals surface area contributed by atoms with Gasteiger partial charge in [0.25, 0.3) is 0 Å². The van der Waals surface area contributed by atoms with Crippen molar-refractivity contribution in [1.82, 2.24) is 0 Å². The van der Waals surface area contributed by atoms with E-state index in [1.54, 1.807) is 0 Å². The molecule has 0 aliphatic carbocycles. The molecule has 0 fully saturated rings. The Bertz CT molecular complexity index is 75.9. The Morgan fingerprint density at radius 2 is 2.43 bits per heavy atom. The normalized spacial score (nSPS) is 6.57. The van der Waals surface area contributed by atoms with Crippen molar-refractivity contribution in [3.8, 4) is 12.0 Å². The molecule has 0 atom stereocenters. The maximum Gasteiger partial charge on any atom is 0.110 e. The van der Waals surface area contributed by atoms with E-state index in [4.69, 9.17) is 6.92 Å². The summed E-state index contributed by atoms with van der Waals surface area (Å²) in [5, 5.41) is 0. The third-order valence-electron chi connectivity index (χ3n) is 0.437. The average molecular weight is 96.1 g/mol. The van der Waals surface area contributed by atoms with Gasteiger partial charge in [-0.1, -0.05) is 12.8 Å². The molecule has 0 aliphatic heterocycles. The van der Waals surface area contributed by atoms with Gasteiger partial charge in [0.1, 0.15) is 6.11 Å². The van der Waals surface area contributed by atoms with Gasteiger partial charge < -0.3 is 4.74 Å². The van der Waals surface area contributed by atoms with Gasteiger partial charge in [-0.15, -0.1) is 0 Å². The van der Waals surface area contributed by atoms with Crippen LogP contribution in [-0.4, -0.2) is 6.61 Å². The fourth-order valence-corrected chi connectivity index (χ4v) is 0.195. The third kappa shape index (κ3) is 5.36. The number of hydrogen-bond acceptors (Lipinski definition) is 1. The van der Waals surface area contributed by atoms with Crippen LogP contribution in [0.1, 0.15) is 13.3 Å². The van der Waals surface area contributed by atoms with E-state index in [2.05, 4.69) is 16.8 Å². The zero-order chi connectivity index (χ0) is 5.54. The molecule has 0 saturated heterocycles. The van der Waals surface area contributed by atoms with Gasteiger partial charge in [0, 0.05) is 0 Å². The predicted molar refractivity (Wildman–Crippen MR) is 28.3 cm³/mol. The highest BCUT2D eigenvalue weighted by Crippen LogP contribution is 1.74. The second-order valence-electron chi connectivity index (χ2n) is 1.09. The first-order valence-corrected chi connectivity index (χ1v) is 2.24. The first-order valence-electron chi connectivity index (χ1n) is 2.24. The van der Waals surface area contributed by atoms with Gasteiger partial charge in [-0.05, 0) is 6.42 Å². The van der Waals surface area contributed by atoms with E-state index in [0.29, 0.717) is 6.61 Å². The van der Waals surface area contributed by atoms with Gasteiger partial charge in [-0.2, -0.15) is 0 Å².